The van der Waals surface area contributed by atoms with Gasteiger partial charge in [0.1, 0.15) is 0 Å². The number of benzene rings is 1. The van der Waals surface area contributed by atoms with Crippen molar-refractivity contribution in [2.24, 2.45) is 0 Å². The summed E-state index contributed by atoms with van der Waals surface area (Å²) < 4.78 is 25.9. The first-order valence-electron chi connectivity index (χ1n) is 4.52. The third kappa shape index (κ3) is 2.03. The predicted octanol–water partition coefficient (Wildman–Crippen LogP) is 2.19. The van der Waals surface area contributed by atoms with E-state index in [1.165, 1.54) is 24.5 Å². The second-order valence-corrected chi connectivity index (χ2v) is 6.06. The topological polar surface area (TPSA) is 52.0 Å². The van der Waals surface area contributed by atoms with Crippen molar-refractivity contribution >= 4 is 26.0 Å². The van der Waals surface area contributed by atoms with Crippen LogP contribution in [0.15, 0.2) is 46.0 Å². The molecule has 0 N–H and O–H groups in total. The van der Waals surface area contributed by atoms with E-state index in [9.17, 15) is 8.42 Å². The zero-order chi connectivity index (χ0) is 11.8. The van der Waals surface area contributed by atoms with Gasteiger partial charge in [0.05, 0.1) is 11.1 Å². The van der Waals surface area contributed by atoms with E-state index < -0.39 is 10.0 Å². The highest BCUT2D eigenvalue weighted by Crippen LogP contribution is 2.17. The van der Waals surface area contributed by atoms with Crippen LogP contribution < -0.4 is 0 Å². The van der Waals surface area contributed by atoms with Crippen LogP contribution in [-0.2, 0) is 10.0 Å². The van der Waals surface area contributed by atoms with E-state index in [-0.39, 0.29) is 4.90 Å². The van der Waals surface area contributed by atoms with Crippen LogP contribution in [0, 0.1) is 6.92 Å². The molecule has 0 aliphatic rings. The molecule has 1 heterocycles. The number of rotatable bonds is 2. The van der Waals surface area contributed by atoms with Crippen molar-refractivity contribution in [3.8, 4) is 0 Å². The number of hydrogen-bond acceptors (Lipinski definition) is 3. The normalized spacial score (nSPS) is 11.6. The van der Waals surface area contributed by atoms with Gasteiger partial charge in [0.15, 0.2) is 0 Å². The lowest BCUT2D eigenvalue weighted by Crippen LogP contribution is -2.13. The Morgan fingerprint density at radius 3 is 2.38 bits per heavy atom. The number of nitrogens with zero attached hydrogens (tertiary/aromatic N) is 2. The fourth-order valence-electron chi connectivity index (χ4n) is 1.23. The molecule has 4 nitrogen and oxygen atoms in total. The average Bonchev–Trinajstić information content (AvgIpc) is 2.66. The molecule has 84 valence electrons. The predicted molar refractivity (Wildman–Crippen MR) is 63.7 cm³/mol. The molecule has 16 heavy (non-hydrogen) atoms. The fraction of sp³-hybridized carbons (Fsp3) is 0.100. The second-order valence-electron chi connectivity index (χ2n) is 3.35. The molecule has 0 amide bonds. The fourth-order valence-corrected chi connectivity index (χ4v) is 2.67. The van der Waals surface area contributed by atoms with Crippen LogP contribution in [0.1, 0.15) is 5.56 Å². The maximum atomic E-state index is 12.0. The molecule has 0 atom stereocenters. The van der Waals surface area contributed by atoms with E-state index >= 15 is 0 Å². The highest BCUT2D eigenvalue weighted by atomic mass is 79.9. The molecule has 0 bridgehead atoms. The van der Waals surface area contributed by atoms with Crippen molar-refractivity contribution < 1.29 is 8.42 Å². The van der Waals surface area contributed by atoms with Crippen molar-refractivity contribution in [3.63, 3.8) is 0 Å². The highest BCUT2D eigenvalue weighted by Gasteiger charge is 2.16. The molecule has 2 rings (SSSR count). The number of aryl methyl sites for hydroxylation is 1. The van der Waals surface area contributed by atoms with E-state index in [1.54, 1.807) is 19.1 Å². The molecule has 6 heteroatoms. The molecule has 1 aromatic heterocycles. The molecule has 0 fully saturated rings. The summed E-state index contributed by atoms with van der Waals surface area (Å²) in [5, 5.41) is 3.80. The van der Waals surface area contributed by atoms with E-state index in [2.05, 4.69) is 21.0 Å². The summed E-state index contributed by atoms with van der Waals surface area (Å²) in [4.78, 5) is 0.221. The first kappa shape index (κ1) is 11.3. The number of halogens is 1. The number of aromatic nitrogens is 2. The summed E-state index contributed by atoms with van der Waals surface area (Å²) in [7, 11) is -3.55. The van der Waals surface area contributed by atoms with Gasteiger partial charge >= 0.3 is 0 Å². The summed E-state index contributed by atoms with van der Waals surface area (Å²) in [6.07, 6.45) is 2.99. The summed E-state index contributed by atoms with van der Waals surface area (Å²) >= 11 is 3.26. The summed E-state index contributed by atoms with van der Waals surface area (Å²) in [5.41, 5.74) is 0.806. The van der Waals surface area contributed by atoms with Crippen molar-refractivity contribution in [2.45, 2.75) is 11.8 Å². The van der Waals surface area contributed by atoms with Gasteiger partial charge in [0, 0.05) is 10.7 Å². The van der Waals surface area contributed by atoms with Gasteiger partial charge in [-0.2, -0.15) is 17.6 Å². The minimum Gasteiger partial charge on any atom is -0.199 e. The molecule has 1 aromatic carbocycles. The molecular weight excluding hydrogens is 292 g/mol. The van der Waals surface area contributed by atoms with Gasteiger partial charge < -0.3 is 0 Å². The Labute approximate surface area is 102 Å². The molecule has 0 saturated carbocycles. The van der Waals surface area contributed by atoms with Gasteiger partial charge in [-0.05, 0) is 36.8 Å². The molecule has 0 aliphatic carbocycles. The second kappa shape index (κ2) is 4.03. The van der Waals surface area contributed by atoms with Crippen LogP contribution in [0.2, 0.25) is 0 Å². The summed E-state index contributed by atoms with van der Waals surface area (Å²) in [5.74, 6) is 0. The highest BCUT2D eigenvalue weighted by molar-refractivity contribution is 9.10. The summed E-state index contributed by atoms with van der Waals surface area (Å²) in [6.45, 7) is 1.79. The van der Waals surface area contributed by atoms with E-state index in [0.29, 0.717) is 0 Å². The maximum Gasteiger partial charge on any atom is 0.282 e. The molecular formula is C10H9BrN2O2S. The molecule has 2 aromatic rings. The number of hydrogen-bond donors (Lipinski definition) is 0. The molecule has 0 aliphatic heterocycles. The van der Waals surface area contributed by atoms with Crippen LogP contribution in [0.4, 0.5) is 0 Å². The lowest BCUT2D eigenvalue weighted by Gasteiger charge is -2.03. The first-order chi connectivity index (χ1) is 7.50. The van der Waals surface area contributed by atoms with Crippen LogP contribution in [0.3, 0.4) is 0 Å². The maximum absolute atomic E-state index is 12.0. The Morgan fingerprint density at radius 2 is 1.88 bits per heavy atom. The lowest BCUT2D eigenvalue weighted by atomic mass is 10.4. The van der Waals surface area contributed by atoms with Gasteiger partial charge in [-0.25, -0.2) is 0 Å². The average molecular weight is 301 g/mol. The summed E-state index contributed by atoms with van der Waals surface area (Å²) in [6, 6.07) is 6.44. The van der Waals surface area contributed by atoms with Gasteiger partial charge in [-0.3, -0.25) is 0 Å². The monoisotopic (exact) mass is 300 g/mol. The molecule has 0 saturated heterocycles. The Balaban J connectivity index is 2.51. The minimum atomic E-state index is -3.55. The lowest BCUT2D eigenvalue weighted by molar-refractivity contribution is 0.580. The SMILES string of the molecule is Cc1cnn(S(=O)(=O)c2ccc(Br)cc2)c1. The van der Waals surface area contributed by atoms with Crippen molar-refractivity contribution in [3.05, 3.63) is 46.7 Å². The molecule has 0 radical (unpaired) electrons. The van der Waals surface area contributed by atoms with Crippen molar-refractivity contribution in [1.29, 1.82) is 0 Å². The Morgan fingerprint density at radius 1 is 1.25 bits per heavy atom. The van der Waals surface area contributed by atoms with Crippen molar-refractivity contribution in [1.82, 2.24) is 9.19 Å². The third-order valence-corrected chi connectivity index (χ3v) is 4.14. The van der Waals surface area contributed by atoms with Gasteiger partial charge in [-0.15, -0.1) is 0 Å². The van der Waals surface area contributed by atoms with E-state index in [1.807, 2.05) is 0 Å². The minimum absolute atomic E-state index is 0.221. The third-order valence-electron chi connectivity index (χ3n) is 2.05. The standard InChI is InChI=1S/C10H9BrN2O2S/c1-8-6-12-13(7-8)16(14,15)10-4-2-9(11)3-5-10/h2-7H,1H3. The van der Waals surface area contributed by atoms with Gasteiger partial charge in [0.25, 0.3) is 10.0 Å². The van der Waals surface area contributed by atoms with E-state index in [0.717, 1.165) is 14.1 Å². The Bertz CT molecular complexity index is 602. The van der Waals surface area contributed by atoms with Crippen LogP contribution in [0.5, 0.6) is 0 Å². The van der Waals surface area contributed by atoms with Crippen LogP contribution >= 0.6 is 15.9 Å². The first-order valence-corrected chi connectivity index (χ1v) is 6.76. The zero-order valence-electron chi connectivity index (χ0n) is 8.46. The zero-order valence-corrected chi connectivity index (χ0v) is 10.9. The quantitative estimate of drug-likeness (QED) is 0.854. The van der Waals surface area contributed by atoms with Crippen molar-refractivity contribution in [2.75, 3.05) is 0 Å². The Kier molecular flexibility index (Phi) is 2.86. The van der Waals surface area contributed by atoms with Gasteiger partial charge in [0.2, 0.25) is 0 Å². The smallest absolute Gasteiger partial charge is 0.199 e. The molecule has 0 spiro atoms. The van der Waals surface area contributed by atoms with Crippen LogP contribution in [-0.4, -0.2) is 17.6 Å². The van der Waals surface area contributed by atoms with Crippen LogP contribution in [0.25, 0.3) is 0 Å². The Hall–Kier alpha value is -1.14. The van der Waals surface area contributed by atoms with Gasteiger partial charge in [-0.1, -0.05) is 15.9 Å². The largest absolute Gasteiger partial charge is 0.282 e. The van der Waals surface area contributed by atoms with E-state index in [4.69, 9.17) is 0 Å². The molecule has 0 unspecified atom stereocenters.